The van der Waals surface area contributed by atoms with E-state index in [1.807, 2.05) is 6.20 Å². The fourth-order valence-corrected chi connectivity index (χ4v) is 2.87. The van der Waals surface area contributed by atoms with Gasteiger partial charge in [-0.3, -0.25) is 4.90 Å². The molecule has 0 radical (unpaired) electrons. The molecule has 1 atom stereocenters. The molecule has 1 aromatic heterocycles. The Morgan fingerprint density at radius 1 is 1.50 bits per heavy atom. The molecule has 3 nitrogen and oxygen atoms in total. The van der Waals surface area contributed by atoms with E-state index in [0.717, 1.165) is 6.54 Å². The second-order valence-electron chi connectivity index (χ2n) is 4.33. The van der Waals surface area contributed by atoms with Crippen molar-refractivity contribution in [2.45, 2.75) is 45.2 Å². The van der Waals surface area contributed by atoms with Crippen LogP contribution < -0.4 is 5.73 Å². The summed E-state index contributed by atoms with van der Waals surface area (Å²) in [5.74, 6) is 0. The monoisotopic (exact) mass is 261 g/mol. The van der Waals surface area contributed by atoms with Crippen molar-refractivity contribution in [1.29, 1.82) is 0 Å². The SMILES string of the molecule is CC1CCCCCN1Cc1cnc(N)s1.Cl. The highest BCUT2D eigenvalue weighted by atomic mass is 35.5. The van der Waals surface area contributed by atoms with E-state index >= 15 is 0 Å². The molecule has 0 aromatic carbocycles. The third kappa shape index (κ3) is 3.61. The van der Waals surface area contributed by atoms with Crippen LogP contribution in [0.3, 0.4) is 0 Å². The van der Waals surface area contributed by atoms with Crippen LogP contribution in [-0.4, -0.2) is 22.5 Å². The molecule has 0 bridgehead atoms. The molecule has 5 heteroatoms. The maximum Gasteiger partial charge on any atom is 0.180 e. The van der Waals surface area contributed by atoms with Crippen LogP contribution in [0.4, 0.5) is 5.13 Å². The average molecular weight is 262 g/mol. The highest BCUT2D eigenvalue weighted by Crippen LogP contribution is 2.22. The van der Waals surface area contributed by atoms with Crippen LogP contribution in [0.1, 0.15) is 37.5 Å². The van der Waals surface area contributed by atoms with Gasteiger partial charge in [0.2, 0.25) is 0 Å². The Balaban J connectivity index is 0.00000128. The Hall–Kier alpha value is -0.320. The predicted molar refractivity (Wildman–Crippen MR) is 72.1 cm³/mol. The van der Waals surface area contributed by atoms with Gasteiger partial charge < -0.3 is 5.73 Å². The number of rotatable bonds is 2. The number of thiazole rings is 1. The number of aromatic nitrogens is 1. The van der Waals surface area contributed by atoms with Gasteiger partial charge in [-0.1, -0.05) is 12.8 Å². The molecule has 0 amide bonds. The first-order chi connectivity index (χ1) is 7.25. The number of hydrogen-bond donors (Lipinski definition) is 1. The van der Waals surface area contributed by atoms with E-state index in [1.165, 1.54) is 37.1 Å². The minimum absolute atomic E-state index is 0. The van der Waals surface area contributed by atoms with Crippen molar-refractivity contribution in [2.24, 2.45) is 0 Å². The van der Waals surface area contributed by atoms with Gasteiger partial charge in [0.15, 0.2) is 5.13 Å². The summed E-state index contributed by atoms with van der Waals surface area (Å²) in [5, 5.41) is 0.687. The van der Waals surface area contributed by atoms with Crippen molar-refractivity contribution in [3.05, 3.63) is 11.1 Å². The van der Waals surface area contributed by atoms with E-state index in [4.69, 9.17) is 5.73 Å². The molecule has 2 heterocycles. The zero-order valence-corrected chi connectivity index (χ0v) is 11.3. The molecule has 1 aliphatic rings. The van der Waals surface area contributed by atoms with E-state index in [1.54, 1.807) is 11.3 Å². The van der Waals surface area contributed by atoms with Gasteiger partial charge in [0.25, 0.3) is 0 Å². The van der Waals surface area contributed by atoms with Crippen molar-refractivity contribution >= 4 is 28.9 Å². The molecule has 0 spiro atoms. The summed E-state index contributed by atoms with van der Waals surface area (Å²) in [7, 11) is 0. The first-order valence-corrected chi connectivity index (χ1v) is 6.51. The standard InChI is InChI=1S/C11H19N3S.ClH/c1-9-5-3-2-4-6-14(9)8-10-7-13-11(12)15-10;/h7,9H,2-6,8H2,1H3,(H2,12,13);1H. The summed E-state index contributed by atoms with van der Waals surface area (Å²) in [4.78, 5) is 7.95. The smallest absolute Gasteiger partial charge is 0.180 e. The quantitative estimate of drug-likeness (QED) is 0.890. The fraction of sp³-hybridized carbons (Fsp3) is 0.727. The minimum Gasteiger partial charge on any atom is -0.375 e. The van der Waals surface area contributed by atoms with Crippen molar-refractivity contribution in [3.63, 3.8) is 0 Å². The third-order valence-electron chi connectivity index (χ3n) is 3.12. The highest BCUT2D eigenvalue weighted by Gasteiger charge is 2.17. The van der Waals surface area contributed by atoms with E-state index in [2.05, 4.69) is 16.8 Å². The predicted octanol–water partition coefficient (Wildman–Crippen LogP) is 2.91. The Kier molecular flexibility index (Phi) is 5.52. The lowest BCUT2D eigenvalue weighted by atomic mass is 10.1. The van der Waals surface area contributed by atoms with Gasteiger partial charge in [0, 0.05) is 23.7 Å². The third-order valence-corrected chi connectivity index (χ3v) is 3.93. The molecule has 1 aliphatic heterocycles. The molecule has 1 fully saturated rings. The summed E-state index contributed by atoms with van der Waals surface area (Å²) in [6, 6.07) is 0.704. The normalized spacial score (nSPS) is 22.4. The van der Waals surface area contributed by atoms with Gasteiger partial charge in [-0.05, 0) is 26.3 Å². The molecule has 1 unspecified atom stereocenters. The lowest BCUT2D eigenvalue weighted by Gasteiger charge is -2.25. The molecule has 92 valence electrons. The minimum atomic E-state index is 0. The maximum atomic E-state index is 5.64. The first-order valence-electron chi connectivity index (χ1n) is 5.70. The van der Waals surface area contributed by atoms with Crippen LogP contribution in [-0.2, 0) is 6.54 Å². The number of nitrogens with two attached hydrogens (primary N) is 1. The number of hydrogen-bond acceptors (Lipinski definition) is 4. The Morgan fingerprint density at radius 2 is 2.31 bits per heavy atom. The number of anilines is 1. The molecule has 2 rings (SSSR count). The van der Waals surface area contributed by atoms with Gasteiger partial charge in [-0.2, -0.15) is 0 Å². The van der Waals surface area contributed by atoms with E-state index < -0.39 is 0 Å². The second kappa shape index (κ2) is 6.42. The van der Waals surface area contributed by atoms with Crippen molar-refractivity contribution in [1.82, 2.24) is 9.88 Å². The van der Waals surface area contributed by atoms with Gasteiger partial charge in [0.05, 0.1) is 0 Å². The Bertz CT molecular complexity index is 316. The van der Waals surface area contributed by atoms with Crippen LogP contribution in [0.15, 0.2) is 6.20 Å². The fourth-order valence-electron chi connectivity index (χ4n) is 2.17. The molecular weight excluding hydrogens is 242 g/mol. The Labute approximate surface area is 107 Å². The molecular formula is C11H20ClN3S. The van der Waals surface area contributed by atoms with Crippen LogP contribution in [0.5, 0.6) is 0 Å². The molecule has 1 aromatic rings. The van der Waals surface area contributed by atoms with Gasteiger partial charge in [-0.25, -0.2) is 4.98 Å². The van der Waals surface area contributed by atoms with Crippen LogP contribution >= 0.6 is 23.7 Å². The van der Waals surface area contributed by atoms with Gasteiger partial charge >= 0.3 is 0 Å². The van der Waals surface area contributed by atoms with Crippen molar-refractivity contribution < 1.29 is 0 Å². The summed E-state index contributed by atoms with van der Waals surface area (Å²) >= 11 is 1.62. The Morgan fingerprint density at radius 3 is 3.00 bits per heavy atom. The summed E-state index contributed by atoms with van der Waals surface area (Å²) < 4.78 is 0. The lowest BCUT2D eigenvalue weighted by Crippen LogP contribution is -2.31. The highest BCUT2D eigenvalue weighted by molar-refractivity contribution is 7.15. The molecule has 0 saturated carbocycles. The van der Waals surface area contributed by atoms with Crippen molar-refractivity contribution in [3.8, 4) is 0 Å². The number of halogens is 1. The number of nitrogen functional groups attached to an aromatic ring is 1. The summed E-state index contributed by atoms with van der Waals surface area (Å²) in [6.45, 7) is 4.57. The van der Waals surface area contributed by atoms with Crippen LogP contribution in [0, 0.1) is 0 Å². The molecule has 16 heavy (non-hydrogen) atoms. The largest absolute Gasteiger partial charge is 0.375 e. The summed E-state index contributed by atoms with van der Waals surface area (Å²) in [5.41, 5.74) is 5.64. The van der Waals surface area contributed by atoms with Gasteiger partial charge in [0.1, 0.15) is 0 Å². The second-order valence-corrected chi connectivity index (χ2v) is 5.48. The number of likely N-dealkylation sites (tertiary alicyclic amines) is 1. The summed E-state index contributed by atoms with van der Waals surface area (Å²) in [6.07, 6.45) is 7.33. The maximum absolute atomic E-state index is 5.64. The topological polar surface area (TPSA) is 42.2 Å². The van der Waals surface area contributed by atoms with E-state index in [9.17, 15) is 0 Å². The molecule has 1 saturated heterocycles. The van der Waals surface area contributed by atoms with E-state index in [-0.39, 0.29) is 12.4 Å². The zero-order chi connectivity index (χ0) is 10.7. The molecule has 0 aliphatic carbocycles. The van der Waals surface area contributed by atoms with Gasteiger partial charge in [-0.15, -0.1) is 23.7 Å². The molecule has 2 N–H and O–H groups in total. The van der Waals surface area contributed by atoms with E-state index in [0.29, 0.717) is 11.2 Å². The average Bonchev–Trinajstić information content (AvgIpc) is 2.50. The van der Waals surface area contributed by atoms with Crippen molar-refractivity contribution in [2.75, 3.05) is 12.3 Å². The first kappa shape index (κ1) is 13.7. The van der Waals surface area contributed by atoms with Crippen LogP contribution in [0.25, 0.3) is 0 Å². The zero-order valence-electron chi connectivity index (χ0n) is 9.69. The number of nitrogens with zero attached hydrogens (tertiary/aromatic N) is 2. The van der Waals surface area contributed by atoms with Crippen LogP contribution in [0.2, 0.25) is 0 Å². The lowest BCUT2D eigenvalue weighted by molar-refractivity contribution is 0.206.